The van der Waals surface area contributed by atoms with Crippen LogP contribution in [-0.2, 0) is 24.2 Å². The van der Waals surface area contributed by atoms with E-state index in [2.05, 4.69) is 23.7 Å². The number of aldehydes is 1. The van der Waals surface area contributed by atoms with Gasteiger partial charge < -0.3 is 20.1 Å². The molecule has 1 aromatic carbocycles. The fraction of sp³-hybridized carbons (Fsp3) is 0.360. The van der Waals surface area contributed by atoms with E-state index in [1.807, 2.05) is 6.08 Å². The highest BCUT2D eigenvalue weighted by Crippen LogP contribution is 2.47. The predicted octanol–water partition coefficient (Wildman–Crippen LogP) is 4.24. The summed E-state index contributed by atoms with van der Waals surface area (Å²) in [6, 6.07) is 1.51. The number of fused-ring (bicyclic) bond motifs is 4. The summed E-state index contributed by atoms with van der Waals surface area (Å²) >= 11 is 0. The number of aliphatic hydroxyl groups excluding tert-OH is 1. The summed E-state index contributed by atoms with van der Waals surface area (Å²) in [6.07, 6.45) is 5.57. The summed E-state index contributed by atoms with van der Waals surface area (Å²) in [6.45, 7) is 7.03. The summed E-state index contributed by atoms with van der Waals surface area (Å²) in [5, 5.41) is 14.5. The molecule has 2 N–H and O–H groups in total. The molecule has 0 radical (unpaired) electrons. The first-order valence-corrected chi connectivity index (χ1v) is 10.9. The fourth-order valence-electron chi connectivity index (χ4n) is 5.41. The first-order valence-electron chi connectivity index (χ1n) is 10.9. The van der Waals surface area contributed by atoms with Gasteiger partial charge in [0.05, 0.1) is 29.1 Å². The molecule has 0 saturated heterocycles. The van der Waals surface area contributed by atoms with Crippen molar-refractivity contribution in [3.63, 3.8) is 0 Å². The molecule has 2 aliphatic heterocycles. The number of halogens is 1. The molecule has 5 nitrogen and oxygen atoms in total. The van der Waals surface area contributed by atoms with Crippen LogP contribution < -0.4 is 5.32 Å². The molecule has 5 rings (SSSR count). The maximum absolute atomic E-state index is 14.8. The van der Waals surface area contributed by atoms with Gasteiger partial charge >= 0.3 is 0 Å². The van der Waals surface area contributed by atoms with Crippen molar-refractivity contribution in [1.82, 2.24) is 9.88 Å². The first kappa shape index (κ1) is 19.9. The van der Waals surface area contributed by atoms with Crippen molar-refractivity contribution < 1.29 is 14.3 Å². The van der Waals surface area contributed by atoms with Crippen molar-refractivity contribution in [1.29, 1.82) is 0 Å². The van der Waals surface area contributed by atoms with Crippen LogP contribution in [0.4, 0.5) is 10.1 Å². The number of benzene rings is 1. The van der Waals surface area contributed by atoms with Gasteiger partial charge in [0, 0.05) is 29.8 Å². The Balaban J connectivity index is 1.77. The van der Waals surface area contributed by atoms with Crippen LogP contribution in [0.3, 0.4) is 0 Å². The molecule has 1 atom stereocenters. The number of allylic oxidation sites excluding steroid dienone is 1. The smallest absolute Gasteiger partial charge is 0.153 e. The molecule has 0 saturated carbocycles. The molecule has 1 unspecified atom stereocenters. The summed E-state index contributed by atoms with van der Waals surface area (Å²) in [5.41, 5.74) is 8.57. The maximum Gasteiger partial charge on any atom is 0.153 e. The van der Waals surface area contributed by atoms with Crippen molar-refractivity contribution in [3.05, 3.63) is 63.8 Å². The van der Waals surface area contributed by atoms with Gasteiger partial charge in [0.25, 0.3) is 0 Å². The minimum atomic E-state index is -1.20. The largest absolute Gasteiger partial charge is 0.386 e. The van der Waals surface area contributed by atoms with E-state index in [1.165, 1.54) is 11.6 Å². The Morgan fingerprint density at radius 1 is 1.35 bits per heavy atom. The molecule has 0 fully saturated rings. The first-order chi connectivity index (χ1) is 15.0. The van der Waals surface area contributed by atoms with Crippen LogP contribution in [0.1, 0.15) is 48.6 Å². The third-order valence-corrected chi connectivity index (χ3v) is 6.76. The van der Waals surface area contributed by atoms with Crippen molar-refractivity contribution in [2.75, 3.05) is 12.4 Å². The van der Waals surface area contributed by atoms with Gasteiger partial charge in [0.1, 0.15) is 11.9 Å². The van der Waals surface area contributed by atoms with Gasteiger partial charge in [-0.2, -0.15) is 0 Å². The Morgan fingerprint density at radius 2 is 2.13 bits per heavy atom. The van der Waals surface area contributed by atoms with E-state index in [1.54, 1.807) is 7.05 Å². The second-order valence-corrected chi connectivity index (χ2v) is 8.45. The Labute approximate surface area is 181 Å². The minimum absolute atomic E-state index is 0.288. The van der Waals surface area contributed by atoms with Gasteiger partial charge in [0.2, 0.25) is 0 Å². The van der Waals surface area contributed by atoms with Gasteiger partial charge in [0.15, 0.2) is 6.29 Å². The highest BCUT2D eigenvalue weighted by molar-refractivity contribution is 5.95. The number of nitrogens with one attached hydrogen (secondary N) is 1. The number of pyridine rings is 1. The van der Waals surface area contributed by atoms with Gasteiger partial charge in [-0.3, -0.25) is 0 Å². The number of anilines is 1. The van der Waals surface area contributed by atoms with Crippen molar-refractivity contribution in [2.45, 2.75) is 51.7 Å². The molecular weight excluding hydrogens is 393 g/mol. The Morgan fingerprint density at radius 3 is 2.84 bits per heavy atom. The highest BCUT2D eigenvalue weighted by Gasteiger charge is 2.37. The predicted molar refractivity (Wildman–Crippen MR) is 120 cm³/mol. The quantitative estimate of drug-likeness (QED) is 0.710. The van der Waals surface area contributed by atoms with Crippen LogP contribution in [0.2, 0.25) is 0 Å². The number of hydrogen-bond acceptors (Lipinski definition) is 5. The van der Waals surface area contributed by atoms with E-state index in [0.29, 0.717) is 29.6 Å². The van der Waals surface area contributed by atoms with Crippen LogP contribution >= 0.6 is 0 Å². The standard InChI is InChI=1S/C25H26FN3O2/c1-4-6-14-13(2)29-11-18-15-7-5-8-16-23(15)20(10-19(26)24(16)27-3)28-25(18)21(29)9-17(14)22(31)12-30/h9-10,12,22,27,31H,2,4-8,11H2,1,3H3. The number of nitrogens with zero attached hydrogens (tertiary/aromatic N) is 2. The number of rotatable bonds is 5. The van der Waals surface area contributed by atoms with E-state index in [-0.39, 0.29) is 5.82 Å². The Kier molecular flexibility index (Phi) is 4.70. The molecule has 6 heteroatoms. The Hall–Kier alpha value is -2.99. The molecule has 31 heavy (non-hydrogen) atoms. The summed E-state index contributed by atoms with van der Waals surface area (Å²) in [5.74, 6) is -0.288. The number of aromatic nitrogens is 1. The van der Waals surface area contributed by atoms with Crippen molar-refractivity contribution in [3.8, 4) is 0 Å². The summed E-state index contributed by atoms with van der Waals surface area (Å²) in [7, 11) is 1.76. The average molecular weight is 420 g/mol. The van der Waals surface area contributed by atoms with Crippen LogP contribution in [0, 0.1) is 5.82 Å². The van der Waals surface area contributed by atoms with Crippen molar-refractivity contribution >= 4 is 28.6 Å². The van der Waals surface area contributed by atoms with Crippen molar-refractivity contribution in [2.24, 2.45) is 0 Å². The number of aliphatic hydroxyl groups is 1. The van der Waals surface area contributed by atoms with Crippen LogP contribution in [0.5, 0.6) is 0 Å². The SMILES string of the molecule is C=C1C(CCC)=C(C(O)C=O)C=C2c3nc4cc(F)c(NC)c5c4c(c3CN12)CCC5. The normalized spacial score (nSPS) is 18.1. The van der Waals surface area contributed by atoms with E-state index >= 15 is 0 Å². The number of carbonyl (C=O) groups is 1. The zero-order valence-electron chi connectivity index (χ0n) is 17.9. The molecule has 0 bridgehead atoms. The molecule has 160 valence electrons. The van der Waals surface area contributed by atoms with E-state index in [0.717, 1.165) is 71.3 Å². The molecule has 3 aliphatic rings. The lowest BCUT2D eigenvalue weighted by molar-refractivity contribution is -0.113. The third kappa shape index (κ3) is 2.78. The average Bonchev–Trinajstić information content (AvgIpc) is 3.14. The number of hydrogen-bond donors (Lipinski definition) is 2. The van der Waals surface area contributed by atoms with Gasteiger partial charge in [-0.05, 0) is 54.0 Å². The fourth-order valence-corrected chi connectivity index (χ4v) is 5.41. The second-order valence-electron chi connectivity index (χ2n) is 8.45. The zero-order valence-corrected chi connectivity index (χ0v) is 17.9. The number of aryl methyl sites for hydroxylation is 2. The maximum atomic E-state index is 14.8. The molecule has 1 aliphatic carbocycles. The van der Waals surface area contributed by atoms with E-state index < -0.39 is 6.10 Å². The second kappa shape index (κ2) is 7.31. The zero-order chi connectivity index (χ0) is 21.9. The molecule has 3 heterocycles. The third-order valence-electron chi connectivity index (χ3n) is 6.76. The highest BCUT2D eigenvalue weighted by atomic mass is 19.1. The lowest BCUT2D eigenvalue weighted by atomic mass is 9.86. The van der Waals surface area contributed by atoms with E-state index in [4.69, 9.17) is 4.98 Å². The number of carbonyl (C=O) groups excluding carboxylic acids is 1. The molecular formula is C25H26FN3O2. The summed E-state index contributed by atoms with van der Waals surface area (Å²) in [4.78, 5) is 18.4. The summed E-state index contributed by atoms with van der Waals surface area (Å²) < 4.78 is 14.8. The molecule has 0 amide bonds. The topological polar surface area (TPSA) is 65.5 Å². The molecule has 0 spiro atoms. The van der Waals surface area contributed by atoms with Crippen LogP contribution in [0.15, 0.2) is 35.6 Å². The van der Waals surface area contributed by atoms with E-state index in [9.17, 15) is 14.3 Å². The monoisotopic (exact) mass is 419 g/mol. The molecule has 1 aromatic heterocycles. The lowest BCUT2D eigenvalue weighted by Crippen LogP contribution is -2.25. The van der Waals surface area contributed by atoms with Crippen LogP contribution in [0.25, 0.3) is 16.6 Å². The Bertz CT molecular complexity index is 1210. The van der Waals surface area contributed by atoms with Gasteiger partial charge in [-0.25, -0.2) is 9.37 Å². The van der Waals surface area contributed by atoms with Gasteiger partial charge in [-0.15, -0.1) is 0 Å². The lowest BCUT2D eigenvalue weighted by Gasteiger charge is -2.31. The molecule has 2 aromatic rings. The van der Waals surface area contributed by atoms with Crippen LogP contribution in [-0.4, -0.2) is 34.4 Å². The minimum Gasteiger partial charge on any atom is -0.386 e. The van der Waals surface area contributed by atoms with Gasteiger partial charge in [-0.1, -0.05) is 19.9 Å².